The van der Waals surface area contributed by atoms with Crippen LogP contribution in [0.25, 0.3) is 0 Å². The maximum Gasteiger partial charge on any atom is 0.191 e. The number of hydrogen-bond donors (Lipinski definition) is 2. The van der Waals surface area contributed by atoms with E-state index in [0.29, 0.717) is 18.0 Å². The highest BCUT2D eigenvalue weighted by Gasteiger charge is 2.25. The number of rotatable bonds is 8. The van der Waals surface area contributed by atoms with Gasteiger partial charge in [-0.15, -0.1) is 0 Å². The molecule has 6 nitrogen and oxygen atoms in total. The van der Waals surface area contributed by atoms with E-state index in [-0.39, 0.29) is 0 Å². The molecule has 0 radical (unpaired) electrons. The Bertz CT molecular complexity index is 639. The maximum atomic E-state index is 6.13. The molecule has 6 heteroatoms. The molecule has 136 valence electrons. The number of hydrogen-bond acceptors (Lipinski definition) is 6. The minimum absolute atomic E-state index is 0.439. The van der Waals surface area contributed by atoms with Crippen molar-refractivity contribution in [3.8, 4) is 0 Å². The van der Waals surface area contributed by atoms with Crippen LogP contribution >= 0.6 is 0 Å². The Labute approximate surface area is 150 Å². The number of nitrogens with zero attached hydrogens (tertiary/aromatic N) is 4. The second-order valence-electron chi connectivity index (χ2n) is 6.95. The van der Waals surface area contributed by atoms with Crippen LogP contribution in [0, 0.1) is 6.92 Å². The van der Waals surface area contributed by atoms with Gasteiger partial charge >= 0.3 is 0 Å². The first-order valence-corrected chi connectivity index (χ1v) is 9.31. The van der Waals surface area contributed by atoms with Gasteiger partial charge in [-0.3, -0.25) is 9.98 Å². The number of aliphatic imine (C=N–C) groups is 2. The summed E-state index contributed by atoms with van der Waals surface area (Å²) in [5.41, 5.74) is 14.7. The van der Waals surface area contributed by atoms with Gasteiger partial charge in [0.1, 0.15) is 0 Å². The lowest BCUT2D eigenvalue weighted by Gasteiger charge is -2.27. The molecule has 0 fully saturated rings. The average Bonchev–Trinajstić information content (AvgIpc) is 3.17. The van der Waals surface area contributed by atoms with Crippen LogP contribution in [0.5, 0.6) is 0 Å². The van der Waals surface area contributed by atoms with E-state index in [1.807, 2.05) is 0 Å². The normalized spacial score (nSPS) is 20.1. The highest BCUT2D eigenvalue weighted by atomic mass is 15.3. The van der Waals surface area contributed by atoms with Gasteiger partial charge in [0.25, 0.3) is 0 Å². The molecule has 25 heavy (non-hydrogen) atoms. The molecule has 1 atom stereocenters. The van der Waals surface area contributed by atoms with Crippen LogP contribution in [0.3, 0.4) is 0 Å². The molecule has 0 saturated carbocycles. The quantitative estimate of drug-likeness (QED) is 0.698. The summed E-state index contributed by atoms with van der Waals surface area (Å²) in [6.45, 7) is 6.74. The summed E-state index contributed by atoms with van der Waals surface area (Å²) in [6.07, 6.45) is 4.44. The Hall–Kier alpha value is -2.24. The van der Waals surface area contributed by atoms with Crippen molar-refractivity contribution in [2.75, 3.05) is 32.7 Å². The minimum Gasteiger partial charge on any atom is -0.370 e. The molecule has 2 aliphatic heterocycles. The number of guanidine groups is 2. The van der Waals surface area contributed by atoms with E-state index in [0.717, 1.165) is 58.4 Å². The van der Waals surface area contributed by atoms with Crippen molar-refractivity contribution in [1.82, 2.24) is 9.80 Å². The first-order chi connectivity index (χ1) is 12.1. The van der Waals surface area contributed by atoms with Crippen molar-refractivity contribution >= 4 is 11.9 Å². The fraction of sp³-hybridized carbons (Fsp3) is 0.579. The van der Waals surface area contributed by atoms with Gasteiger partial charge in [-0.1, -0.05) is 24.3 Å². The van der Waals surface area contributed by atoms with Crippen molar-refractivity contribution in [1.29, 1.82) is 0 Å². The van der Waals surface area contributed by atoms with Crippen molar-refractivity contribution in [2.45, 2.75) is 38.6 Å². The topological polar surface area (TPSA) is 83.2 Å². The van der Waals surface area contributed by atoms with Crippen LogP contribution < -0.4 is 11.5 Å². The predicted molar refractivity (Wildman–Crippen MR) is 104 cm³/mol. The lowest BCUT2D eigenvalue weighted by molar-refractivity contribution is 0.313. The SMILES string of the molecule is Cc1ccccc1CCN1C(N)=NC[C@@H]1CCCCN1CCN=C1N. The Kier molecular flexibility index (Phi) is 5.79. The summed E-state index contributed by atoms with van der Waals surface area (Å²) >= 11 is 0. The fourth-order valence-electron chi connectivity index (χ4n) is 3.66. The van der Waals surface area contributed by atoms with E-state index in [4.69, 9.17) is 11.5 Å². The first kappa shape index (κ1) is 17.6. The molecular weight excluding hydrogens is 312 g/mol. The summed E-state index contributed by atoms with van der Waals surface area (Å²) < 4.78 is 0. The molecule has 0 aromatic heterocycles. The third kappa shape index (κ3) is 4.44. The van der Waals surface area contributed by atoms with Crippen molar-refractivity contribution in [2.24, 2.45) is 21.5 Å². The zero-order valence-corrected chi connectivity index (χ0v) is 15.2. The Balaban J connectivity index is 1.43. The van der Waals surface area contributed by atoms with Crippen LogP contribution in [-0.4, -0.2) is 60.5 Å². The molecule has 0 amide bonds. The molecule has 0 spiro atoms. The zero-order valence-electron chi connectivity index (χ0n) is 15.2. The number of aryl methyl sites for hydroxylation is 1. The number of nitrogens with two attached hydrogens (primary N) is 2. The summed E-state index contributed by atoms with van der Waals surface area (Å²) in [6, 6.07) is 9.01. The molecule has 0 unspecified atom stereocenters. The fourth-order valence-corrected chi connectivity index (χ4v) is 3.66. The highest BCUT2D eigenvalue weighted by Crippen LogP contribution is 2.17. The van der Waals surface area contributed by atoms with Crippen molar-refractivity contribution < 1.29 is 0 Å². The average molecular weight is 342 g/mol. The minimum atomic E-state index is 0.439. The van der Waals surface area contributed by atoms with Crippen molar-refractivity contribution in [3.63, 3.8) is 0 Å². The van der Waals surface area contributed by atoms with Crippen LogP contribution in [0.4, 0.5) is 0 Å². The summed E-state index contributed by atoms with van der Waals surface area (Å²) in [4.78, 5) is 13.2. The first-order valence-electron chi connectivity index (χ1n) is 9.31. The van der Waals surface area contributed by atoms with Gasteiger partial charge in [-0.2, -0.15) is 0 Å². The lowest BCUT2D eigenvalue weighted by atomic mass is 10.0. The smallest absolute Gasteiger partial charge is 0.191 e. The van der Waals surface area contributed by atoms with Crippen LogP contribution in [0.2, 0.25) is 0 Å². The largest absolute Gasteiger partial charge is 0.370 e. The van der Waals surface area contributed by atoms with E-state index in [2.05, 4.69) is 51.0 Å². The summed E-state index contributed by atoms with van der Waals surface area (Å²) in [5, 5.41) is 0. The molecular formula is C19H30N6. The molecule has 0 aliphatic carbocycles. The van der Waals surface area contributed by atoms with Gasteiger partial charge in [-0.25, -0.2) is 0 Å². The molecule has 1 aromatic rings. The summed E-state index contributed by atoms with van der Waals surface area (Å²) in [5.74, 6) is 1.41. The van der Waals surface area contributed by atoms with Gasteiger partial charge in [0, 0.05) is 19.6 Å². The standard InChI is InChI=1S/C19H30N6/c1-15-6-2-3-7-16(15)9-12-25-17(14-23-19(25)21)8-4-5-11-24-13-10-22-18(24)20/h2-3,6-7,17H,4-5,8-14H2,1H3,(H2,20,22)(H2,21,23)/t17-/m0/s1. The van der Waals surface area contributed by atoms with Crippen LogP contribution in [0.15, 0.2) is 34.3 Å². The molecule has 2 heterocycles. The highest BCUT2D eigenvalue weighted by molar-refractivity contribution is 5.80. The van der Waals surface area contributed by atoms with E-state index < -0.39 is 0 Å². The molecule has 4 N–H and O–H groups in total. The van der Waals surface area contributed by atoms with Gasteiger partial charge in [0.05, 0.1) is 19.1 Å². The zero-order chi connectivity index (χ0) is 17.6. The third-order valence-electron chi connectivity index (χ3n) is 5.27. The van der Waals surface area contributed by atoms with Gasteiger partial charge < -0.3 is 21.3 Å². The maximum absolute atomic E-state index is 6.13. The van der Waals surface area contributed by atoms with E-state index in [9.17, 15) is 0 Å². The van der Waals surface area contributed by atoms with E-state index in [1.54, 1.807) is 0 Å². The molecule has 3 rings (SSSR count). The Morgan fingerprint density at radius 2 is 1.92 bits per heavy atom. The Morgan fingerprint density at radius 3 is 2.68 bits per heavy atom. The second kappa shape index (κ2) is 8.23. The number of benzene rings is 1. The molecule has 1 aromatic carbocycles. The second-order valence-corrected chi connectivity index (χ2v) is 6.95. The summed E-state index contributed by atoms with van der Waals surface area (Å²) in [7, 11) is 0. The molecule has 0 bridgehead atoms. The van der Waals surface area contributed by atoms with Gasteiger partial charge in [-0.05, 0) is 43.7 Å². The third-order valence-corrected chi connectivity index (χ3v) is 5.27. The number of unbranched alkanes of at least 4 members (excludes halogenated alkanes) is 1. The van der Waals surface area contributed by atoms with Gasteiger partial charge in [0.2, 0.25) is 0 Å². The van der Waals surface area contributed by atoms with E-state index >= 15 is 0 Å². The predicted octanol–water partition coefficient (Wildman–Crippen LogP) is 1.34. The lowest BCUT2D eigenvalue weighted by Crippen LogP contribution is -2.42. The van der Waals surface area contributed by atoms with E-state index in [1.165, 1.54) is 11.1 Å². The van der Waals surface area contributed by atoms with Crippen LogP contribution in [-0.2, 0) is 6.42 Å². The van der Waals surface area contributed by atoms with Crippen molar-refractivity contribution in [3.05, 3.63) is 35.4 Å². The molecule has 2 aliphatic rings. The Morgan fingerprint density at radius 1 is 1.08 bits per heavy atom. The van der Waals surface area contributed by atoms with Crippen LogP contribution in [0.1, 0.15) is 30.4 Å². The van der Waals surface area contributed by atoms with Gasteiger partial charge in [0.15, 0.2) is 11.9 Å². The molecule has 0 saturated heterocycles. The monoisotopic (exact) mass is 342 g/mol.